The van der Waals surface area contributed by atoms with Crippen molar-refractivity contribution in [3.8, 4) is 11.5 Å². The van der Waals surface area contributed by atoms with E-state index in [1.165, 1.54) is 18.2 Å². The van der Waals surface area contributed by atoms with Crippen molar-refractivity contribution < 1.29 is 19.7 Å². The Hall–Kier alpha value is -1.46. The van der Waals surface area contributed by atoms with Crippen LogP contribution >= 0.6 is 11.6 Å². The molecule has 0 unspecified atom stereocenters. The number of phenols is 2. The van der Waals surface area contributed by atoms with Crippen LogP contribution in [0.4, 0.5) is 0 Å². The van der Waals surface area contributed by atoms with Crippen LogP contribution in [0.2, 0.25) is 0 Å². The van der Waals surface area contributed by atoms with Gasteiger partial charge in [-0.1, -0.05) is 6.07 Å². The van der Waals surface area contributed by atoms with Crippen LogP contribution in [0.3, 0.4) is 0 Å². The van der Waals surface area contributed by atoms with Crippen molar-refractivity contribution in [1.29, 1.82) is 0 Å². The third kappa shape index (κ3) is 2.93. The summed E-state index contributed by atoms with van der Waals surface area (Å²) in [5.41, 5.74) is -0.676. The van der Waals surface area contributed by atoms with Gasteiger partial charge in [0.15, 0.2) is 0 Å². The number of nitrogens with one attached hydrogen (secondary N) is 1. The highest BCUT2D eigenvalue weighted by molar-refractivity contribution is 6.19. The Balaban J connectivity index is 2.20. The fourth-order valence-electron chi connectivity index (χ4n) is 2.12. The first-order valence-electron chi connectivity index (χ1n) is 6.05. The summed E-state index contributed by atoms with van der Waals surface area (Å²) in [6.07, 6.45) is 1.22. The number of amides is 1. The van der Waals surface area contributed by atoms with Crippen LogP contribution in [-0.4, -0.2) is 40.8 Å². The van der Waals surface area contributed by atoms with Gasteiger partial charge in [-0.15, -0.1) is 11.6 Å². The lowest BCUT2D eigenvalue weighted by Gasteiger charge is -2.36. The van der Waals surface area contributed by atoms with Gasteiger partial charge < -0.3 is 20.3 Å². The number of aromatic hydroxyl groups is 2. The van der Waals surface area contributed by atoms with E-state index in [1.54, 1.807) is 0 Å². The second-order valence-electron chi connectivity index (χ2n) is 4.65. The first-order chi connectivity index (χ1) is 9.08. The average molecular weight is 286 g/mol. The smallest absolute Gasteiger partial charge is 0.259 e. The lowest BCUT2D eigenvalue weighted by molar-refractivity contribution is 0.0432. The number of carbonyl (C=O) groups excluding carboxylic acids is 1. The predicted octanol–water partition coefficient (Wildman–Crippen LogP) is 1.62. The zero-order valence-electron chi connectivity index (χ0n) is 10.4. The molecule has 1 aliphatic rings. The number of halogens is 1. The molecule has 1 aliphatic heterocycles. The number of carbonyl (C=O) groups is 1. The predicted molar refractivity (Wildman–Crippen MR) is 70.7 cm³/mol. The van der Waals surface area contributed by atoms with Crippen LogP contribution in [0.1, 0.15) is 23.2 Å². The van der Waals surface area contributed by atoms with Crippen molar-refractivity contribution in [2.75, 3.05) is 19.1 Å². The molecule has 5 nitrogen and oxygen atoms in total. The molecule has 1 saturated heterocycles. The van der Waals surface area contributed by atoms with Crippen molar-refractivity contribution in [1.82, 2.24) is 5.32 Å². The summed E-state index contributed by atoms with van der Waals surface area (Å²) in [5.74, 6) is -0.780. The molecular weight excluding hydrogens is 270 g/mol. The average Bonchev–Trinajstić information content (AvgIpc) is 2.39. The summed E-state index contributed by atoms with van der Waals surface area (Å²) in [7, 11) is 0. The lowest BCUT2D eigenvalue weighted by atomic mass is 9.91. The topological polar surface area (TPSA) is 78.8 Å². The van der Waals surface area contributed by atoms with Gasteiger partial charge in [0.25, 0.3) is 5.91 Å². The van der Waals surface area contributed by atoms with E-state index in [0.29, 0.717) is 26.1 Å². The molecule has 1 aromatic rings. The van der Waals surface area contributed by atoms with Crippen LogP contribution in [0.25, 0.3) is 0 Å². The zero-order chi connectivity index (χ0) is 13.9. The second kappa shape index (κ2) is 5.67. The van der Waals surface area contributed by atoms with E-state index in [0.717, 1.165) is 0 Å². The fourth-order valence-corrected chi connectivity index (χ4v) is 2.45. The molecule has 0 aliphatic carbocycles. The number of ether oxygens (including phenoxy) is 1. The van der Waals surface area contributed by atoms with Crippen LogP contribution in [0.15, 0.2) is 18.2 Å². The zero-order valence-corrected chi connectivity index (χ0v) is 11.1. The van der Waals surface area contributed by atoms with Crippen molar-refractivity contribution in [2.45, 2.75) is 18.4 Å². The fraction of sp³-hybridized carbons (Fsp3) is 0.462. The van der Waals surface area contributed by atoms with Crippen molar-refractivity contribution in [3.63, 3.8) is 0 Å². The normalized spacial score (nSPS) is 17.9. The number of rotatable bonds is 3. The van der Waals surface area contributed by atoms with Crippen molar-refractivity contribution in [3.05, 3.63) is 23.8 Å². The minimum atomic E-state index is -0.550. The molecular formula is C13H16ClNO4. The van der Waals surface area contributed by atoms with Gasteiger partial charge in [-0.2, -0.15) is 0 Å². The molecule has 3 N–H and O–H groups in total. The summed E-state index contributed by atoms with van der Waals surface area (Å²) in [6, 6.07) is 4.17. The first kappa shape index (κ1) is 14.0. The molecule has 0 spiro atoms. The Kier molecular flexibility index (Phi) is 4.17. The van der Waals surface area contributed by atoms with E-state index in [4.69, 9.17) is 16.3 Å². The minimum Gasteiger partial charge on any atom is -0.507 e. The molecule has 0 atom stereocenters. The first-order valence-corrected chi connectivity index (χ1v) is 6.59. The second-order valence-corrected chi connectivity index (χ2v) is 4.92. The third-order valence-corrected chi connectivity index (χ3v) is 3.84. The summed E-state index contributed by atoms with van der Waals surface area (Å²) in [5, 5.41) is 22.1. The van der Waals surface area contributed by atoms with Crippen molar-refractivity contribution in [2.24, 2.45) is 0 Å². The molecule has 6 heteroatoms. The van der Waals surface area contributed by atoms with E-state index in [9.17, 15) is 15.0 Å². The van der Waals surface area contributed by atoms with Gasteiger partial charge >= 0.3 is 0 Å². The number of hydrogen-bond acceptors (Lipinski definition) is 4. The Labute approximate surface area is 116 Å². The van der Waals surface area contributed by atoms with Crippen molar-refractivity contribution >= 4 is 17.5 Å². The number of phenolic OH excluding ortho intramolecular Hbond substituents is 2. The maximum atomic E-state index is 12.2. The molecule has 0 saturated carbocycles. The van der Waals surface area contributed by atoms with Crippen LogP contribution < -0.4 is 5.32 Å². The van der Waals surface area contributed by atoms with Gasteiger partial charge in [0.05, 0.1) is 5.54 Å². The van der Waals surface area contributed by atoms with Gasteiger partial charge in [0.2, 0.25) is 0 Å². The van der Waals surface area contributed by atoms with Crippen LogP contribution in [0, 0.1) is 0 Å². The van der Waals surface area contributed by atoms with Crippen LogP contribution in [0.5, 0.6) is 11.5 Å². The number of hydrogen-bond donors (Lipinski definition) is 3. The molecule has 0 bridgehead atoms. The Morgan fingerprint density at radius 1 is 1.32 bits per heavy atom. The Morgan fingerprint density at radius 2 is 1.89 bits per heavy atom. The molecule has 2 rings (SSSR count). The van der Waals surface area contributed by atoms with Crippen LogP contribution in [-0.2, 0) is 4.74 Å². The molecule has 0 radical (unpaired) electrons. The maximum Gasteiger partial charge on any atom is 0.259 e. The summed E-state index contributed by atoms with van der Waals surface area (Å²) >= 11 is 5.95. The Bertz CT molecular complexity index is 451. The van der Waals surface area contributed by atoms with Gasteiger partial charge in [-0.25, -0.2) is 0 Å². The molecule has 1 heterocycles. The monoisotopic (exact) mass is 285 g/mol. The molecule has 104 valence electrons. The largest absolute Gasteiger partial charge is 0.507 e. The highest BCUT2D eigenvalue weighted by atomic mass is 35.5. The number of benzene rings is 1. The standard InChI is InChI=1S/C13H16ClNO4/c14-8-13(4-6-19-7-5-13)15-12(18)11-9(16)2-1-3-10(11)17/h1-3,16-17H,4-8H2,(H,15,18). The van der Waals surface area contributed by atoms with E-state index in [1.807, 2.05) is 0 Å². The molecule has 1 fully saturated rings. The van der Waals surface area contributed by atoms with Gasteiger partial charge in [-0.3, -0.25) is 4.79 Å². The van der Waals surface area contributed by atoms with Gasteiger partial charge in [0.1, 0.15) is 17.1 Å². The Morgan fingerprint density at radius 3 is 2.42 bits per heavy atom. The van der Waals surface area contributed by atoms with E-state index < -0.39 is 11.4 Å². The van der Waals surface area contributed by atoms with E-state index in [2.05, 4.69) is 5.32 Å². The third-order valence-electron chi connectivity index (χ3n) is 3.33. The molecule has 0 aromatic heterocycles. The number of alkyl halides is 1. The highest BCUT2D eigenvalue weighted by Gasteiger charge is 2.34. The molecule has 1 amide bonds. The lowest BCUT2D eigenvalue weighted by Crippen LogP contribution is -2.53. The van der Waals surface area contributed by atoms with E-state index >= 15 is 0 Å². The quantitative estimate of drug-likeness (QED) is 0.737. The summed E-state index contributed by atoms with van der Waals surface area (Å²) < 4.78 is 5.25. The summed E-state index contributed by atoms with van der Waals surface area (Å²) in [4.78, 5) is 12.2. The van der Waals surface area contributed by atoms with E-state index in [-0.39, 0.29) is 22.9 Å². The van der Waals surface area contributed by atoms with Gasteiger partial charge in [0, 0.05) is 19.1 Å². The molecule has 1 aromatic carbocycles. The molecule has 19 heavy (non-hydrogen) atoms. The highest BCUT2D eigenvalue weighted by Crippen LogP contribution is 2.28. The summed E-state index contributed by atoms with van der Waals surface area (Å²) in [6.45, 7) is 1.06. The maximum absolute atomic E-state index is 12.2. The SMILES string of the molecule is O=C(NC1(CCl)CCOCC1)c1c(O)cccc1O. The minimum absolute atomic E-state index is 0.126. The van der Waals surface area contributed by atoms with Gasteiger partial charge in [-0.05, 0) is 25.0 Å².